The Bertz CT molecular complexity index is 667. The maximum atomic E-state index is 5.38. The third kappa shape index (κ3) is 2.77. The molecule has 0 spiro atoms. The largest absolute Gasteiger partial charge is 0.481 e. The van der Waals surface area contributed by atoms with Crippen LogP contribution < -0.4 is 9.64 Å². The average Bonchev–Trinajstić information content (AvgIpc) is 2.96. The molecule has 1 saturated heterocycles. The summed E-state index contributed by atoms with van der Waals surface area (Å²) in [5.74, 6) is 2.84. The first-order valence-corrected chi connectivity index (χ1v) is 7.74. The van der Waals surface area contributed by atoms with Crippen LogP contribution in [0.25, 0.3) is 0 Å². The van der Waals surface area contributed by atoms with Crippen LogP contribution in [0, 0.1) is 20.8 Å². The molecule has 0 saturated carbocycles. The number of anilines is 1. The molecule has 6 nitrogen and oxygen atoms in total. The van der Waals surface area contributed by atoms with Gasteiger partial charge in [0.15, 0.2) is 0 Å². The van der Waals surface area contributed by atoms with Gasteiger partial charge >= 0.3 is 0 Å². The summed E-state index contributed by atoms with van der Waals surface area (Å²) < 4.78 is 5.38. The van der Waals surface area contributed by atoms with Gasteiger partial charge in [0.1, 0.15) is 11.6 Å². The smallest absolute Gasteiger partial charge is 0.221 e. The topological polar surface area (TPSA) is 66.9 Å². The van der Waals surface area contributed by atoms with Gasteiger partial charge in [0.05, 0.1) is 18.4 Å². The molecule has 22 heavy (non-hydrogen) atoms. The highest BCUT2D eigenvalue weighted by molar-refractivity contribution is 5.51. The highest BCUT2D eigenvalue weighted by Gasteiger charge is 2.26. The lowest BCUT2D eigenvalue weighted by Gasteiger charge is -2.34. The zero-order valence-electron chi connectivity index (χ0n) is 13.7. The molecule has 3 heterocycles. The van der Waals surface area contributed by atoms with Crippen molar-refractivity contribution in [2.24, 2.45) is 0 Å². The number of aromatic amines is 1. The van der Waals surface area contributed by atoms with E-state index in [2.05, 4.69) is 31.1 Å². The molecular formula is C16H23N5O. The lowest BCUT2D eigenvalue weighted by Crippen LogP contribution is -2.35. The number of rotatable bonds is 3. The van der Waals surface area contributed by atoms with Gasteiger partial charge < -0.3 is 9.64 Å². The number of hydrogen-bond acceptors (Lipinski definition) is 5. The molecule has 0 bridgehead atoms. The first-order valence-electron chi connectivity index (χ1n) is 7.74. The van der Waals surface area contributed by atoms with Gasteiger partial charge in [0, 0.05) is 24.7 Å². The fourth-order valence-corrected chi connectivity index (χ4v) is 3.15. The summed E-state index contributed by atoms with van der Waals surface area (Å²) in [7, 11) is 1.66. The van der Waals surface area contributed by atoms with E-state index in [4.69, 9.17) is 4.74 Å². The van der Waals surface area contributed by atoms with Crippen LogP contribution in [-0.4, -0.2) is 40.4 Å². The Balaban J connectivity index is 1.87. The van der Waals surface area contributed by atoms with Gasteiger partial charge in [0.2, 0.25) is 5.88 Å². The summed E-state index contributed by atoms with van der Waals surface area (Å²) in [5.41, 5.74) is 3.27. The van der Waals surface area contributed by atoms with E-state index in [9.17, 15) is 0 Å². The van der Waals surface area contributed by atoms with Crippen LogP contribution in [0.15, 0.2) is 6.07 Å². The number of methoxy groups -OCH3 is 1. The molecule has 118 valence electrons. The van der Waals surface area contributed by atoms with Crippen molar-refractivity contribution in [2.75, 3.05) is 25.1 Å². The molecule has 0 aliphatic carbocycles. The molecule has 1 aliphatic heterocycles. The second-order valence-electron chi connectivity index (χ2n) is 5.99. The van der Waals surface area contributed by atoms with Crippen LogP contribution in [0.1, 0.15) is 41.5 Å². The van der Waals surface area contributed by atoms with Crippen LogP contribution in [0.3, 0.4) is 0 Å². The van der Waals surface area contributed by atoms with Gasteiger partial charge in [-0.05, 0) is 39.7 Å². The number of hydrogen-bond donors (Lipinski definition) is 1. The van der Waals surface area contributed by atoms with E-state index in [1.807, 2.05) is 20.8 Å². The Morgan fingerprint density at radius 3 is 2.77 bits per heavy atom. The Hall–Kier alpha value is -2.11. The Morgan fingerprint density at radius 2 is 2.09 bits per heavy atom. The van der Waals surface area contributed by atoms with E-state index >= 15 is 0 Å². The third-order valence-corrected chi connectivity index (χ3v) is 4.25. The van der Waals surface area contributed by atoms with Gasteiger partial charge in [-0.25, -0.2) is 4.98 Å². The SMILES string of the molecule is COc1nc(C)nc(N2CCC[C@@H](c3cc(C)[nH]n3)C2)c1C. The van der Waals surface area contributed by atoms with Crippen molar-refractivity contribution in [1.82, 2.24) is 20.2 Å². The maximum Gasteiger partial charge on any atom is 0.221 e. The molecule has 6 heteroatoms. The van der Waals surface area contributed by atoms with Gasteiger partial charge in [-0.2, -0.15) is 10.1 Å². The van der Waals surface area contributed by atoms with E-state index in [1.54, 1.807) is 7.11 Å². The van der Waals surface area contributed by atoms with E-state index in [1.165, 1.54) is 6.42 Å². The minimum absolute atomic E-state index is 0.444. The van der Waals surface area contributed by atoms with Gasteiger partial charge in [0.25, 0.3) is 0 Å². The summed E-state index contributed by atoms with van der Waals surface area (Å²) in [6.07, 6.45) is 2.31. The van der Waals surface area contributed by atoms with Gasteiger partial charge in [-0.3, -0.25) is 5.10 Å². The van der Waals surface area contributed by atoms with E-state index in [0.29, 0.717) is 11.8 Å². The van der Waals surface area contributed by atoms with Crippen LogP contribution >= 0.6 is 0 Å². The number of piperidine rings is 1. The molecular weight excluding hydrogens is 278 g/mol. The second-order valence-corrected chi connectivity index (χ2v) is 5.99. The Kier molecular flexibility index (Phi) is 4.00. The standard InChI is InChI=1S/C16H23N5O/c1-10-8-14(20-19-10)13-6-5-7-21(9-13)15-11(2)16(22-4)18-12(3)17-15/h8,13H,5-7,9H2,1-4H3,(H,19,20)/t13-/m1/s1. The molecule has 1 aliphatic rings. The zero-order valence-corrected chi connectivity index (χ0v) is 13.7. The fourth-order valence-electron chi connectivity index (χ4n) is 3.15. The maximum absolute atomic E-state index is 5.38. The van der Waals surface area contributed by atoms with E-state index < -0.39 is 0 Å². The van der Waals surface area contributed by atoms with E-state index in [-0.39, 0.29) is 0 Å². The molecule has 1 fully saturated rings. The van der Waals surface area contributed by atoms with Crippen molar-refractivity contribution >= 4 is 5.82 Å². The first kappa shape index (κ1) is 14.8. The summed E-state index contributed by atoms with van der Waals surface area (Å²) in [6.45, 7) is 7.92. The van der Waals surface area contributed by atoms with Crippen molar-refractivity contribution in [3.05, 3.63) is 28.8 Å². The lowest BCUT2D eigenvalue weighted by molar-refractivity contribution is 0.391. The van der Waals surface area contributed by atoms with E-state index in [0.717, 1.165) is 48.1 Å². The normalized spacial score (nSPS) is 18.5. The number of aryl methyl sites for hydroxylation is 2. The molecule has 0 amide bonds. The van der Waals surface area contributed by atoms with Gasteiger partial charge in [-0.15, -0.1) is 0 Å². The van der Waals surface area contributed by atoms with Crippen molar-refractivity contribution in [1.29, 1.82) is 0 Å². The third-order valence-electron chi connectivity index (χ3n) is 4.25. The highest BCUT2D eigenvalue weighted by atomic mass is 16.5. The van der Waals surface area contributed by atoms with Crippen LogP contribution in [0.2, 0.25) is 0 Å². The quantitative estimate of drug-likeness (QED) is 0.943. The van der Waals surface area contributed by atoms with Crippen LogP contribution in [0.4, 0.5) is 5.82 Å². The van der Waals surface area contributed by atoms with Crippen molar-refractivity contribution in [3.63, 3.8) is 0 Å². The van der Waals surface area contributed by atoms with Gasteiger partial charge in [-0.1, -0.05) is 0 Å². The Morgan fingerprint density at radius 1 is 1.27 bits per heavy atom. The molecule has 0 aromatic carbocycles. The Labute approximate surface area is 130 Å². The molecule has 3 rings (SSSR count). The number of H-pyrrole nitrogens is 1. The molecule has 2 aromatic heterocycles. The number of ether oxygens (including phenoxy) is 1. The molecule has 1 atom stereocenters. The number of nitrogens with one attached hydrogen (secondary N) is 1. The molecule has 0 radical (unpaired) electrons. The summed E-state index contributed by atoms with van der Waals surface area (Å²) in [5, 5.41) is 7.48. The minimum atomic E-state index is 0.444. The zero-order chi connectivity index (χ0) is 15.7. The minimum Gasteiger partial charge on any atom is -0.481 e. The number of aromatic nitrogens is 4. The predicted molar refractivity (Wildman–Crippen MR) is 85.6 cm³/mol. The molecule has 2 aromatic rings. The lowest BCUT2D eigenvalue weighted by atomic mass is 9.94. The van der Waals surface area contributed by atoms with Crippen molar-refractivity contribution < 1.29 is 4.74 Å². The van der Waals surface area contributed by atoms with Crippen molar-refractivity contribution in [2.45, 2.75) is 39.5 Å². The van der Waals surface area contributed by atoms with Crippen LogP contribution in [0.5, 0.6) is 5.88 Å². The monoisotopic (exact) mass is 301 g/mol. The summed E-state index contributed by atoms with van der Waals surface area (Å²) in [6, 6.07) is 2.15. The average molecular weight is 301 g/mol. The fraction of sp³-hybridized carbons (Fsp3) is 0.562. The molecule has 0 unspecified atom stereocenters. The first-order chi connectivity index (χ1) is 10.6. The summed E-state index contributed by atoms with van der Waals surface area (Å²) >= 11 is 0. The highest BCUT2D eigenvalue weighted by Crippen LogP contribution is 2.32. The van der Waals surface area contributed by atoms with Crippen molar-refractivity contribution in [3.8, 4) is 5.88 Å². The number of nitrogens with zero attached hydrogens (tertiary/aromatic N) is 4. The molecule has 1 N–H and O–H groups in total. The second kappa shape index (κ2) is 5.94. The predicted octanol–water partition coefficient (Wildman–Crippen LogP) is 2.52. The van der Waals surface area contributed by atoms with Crippen LogP contribution in [-0.2, 0) is 0 Å². The summed E-state index contributed by atoms with van der Waals surface area (Å²) in [4.78, 5) is 11.3.